The first-order valence-electron chi connectivity index (χ1n) is 6.16. The third-order valence-corrected chi connectivity index (χ3v) is 4.10. The van der Waals surface area contributed by atoms with E-state index in [1.807, 2.05) is 0 Å². The molecule has 18 heavy (non-hydrogen) atoms. The number of morpholine rings is 1. The molecule has 0 atom stereocenters. The topological polar surface area (TPSA) is 41.6 Å². The fourth-order valence-electron chi connectivity index (χ4n) is 2.68. The predicted octanol–water partition coefficient (Wildman–Crippen LogP) is 1.66. The molecule has 2 aliphatic carbocycles. The Balaban J connectivity index is 1.81. The van der Waals surface area contributed by atoms with Crippen LogP contribution in [0.5, 0.6) is 0 Å². The lowest BCUT2D eigenvalue weighted by Gasteiger charge is -2.33. The number of nitrogens with zero attached hydrogens (tertiary/aromatic N) is 1. The number of carbonyl (C=O) groups is 1. The van der Waals surface area contributed by atoms with Crippen molar-refractivity contribution in [2.24, 2.45) is 0 Å². The van der Waals surface area contributed by atoms with E-state index in [1.54, 1.807) is 6.08 Å². The number of ether oxygens (including phenoxy) is 1. The molecule has 0 spiro atoms. The molecule has 1 fully saturated rings. The van der Waals surface area contributed by atoms with E-state index in [0.29, 0.717) is 0 Å². The maximum Gasteiger partial charge on any atom is 0.184 e. The van der Waals surface area contributed by atoms with Crippen molar-refractivity contribution in [2.45, 2.75) is 12.8 Å². The van der Waals surface area contributed by atoms with Gasteiger partial charge in [0.15, 0.2) is 5.78 Å². The standard InChI is InChI=1S/C13H15BrN2O2/c14-15-12-2-1-10-11(12)7-9(8-13(10)17)16-3-5-18-6-4-16/h2,8,15H,1,3-7H2. The van der Waals surface area contributed by atoms with Gasteiger partial charge in [-0.05, 0) is 12.0 Å². The van der Waals surface area contributed by atoms with Crippen LogP contribution in [0.2, 0.25) is 0 Å². The lowest BCUT2D eigenvalue weighted by Crippen LogP contribution is -2.37. The zero-order valence-corrected chi connectivity index (χ0v) is 11.6. The van der Waals surface area contributed by atoms with Gasteiger partial charge in [0, 0.05) is 58.7 Å². The summed E-state index contributed by atoms with van der Waals surface area (Å²) in [5.41, 5.74) is 4.24. The van der Waals surface area contributed by atoms with Gasteiger partial charge in [-0.15, -0.1) is 0 Å². The minimum atomic E-state index is 0.159. The molecule has 5 heteroatoms. The van der Waals surface area contributed by atoms with Crippen molar-refractivity contribution in [1.29, 1.82) is 0 Å². The van der Waals surface area contributed by atoms with E-state index in [-0.39, 0.29) is 5.78 Å². The Labute approximate surface area is 115 Å². The fourth-order valence-corrected chi connectivity index (χ4v) is 3.09. The summed E-state index contributed by atoms with van der Waals surface area (Å²) in [5.74, 6) is 0.159. The number of halogens is 1. The van der Waals surface area contributed by atoms with Gasteiger partial charge in [0.25, 0.3) is 0 Å². The number of carbonyl (C=O) groups excluding carboxylic acids is 1. The molecule has 3 rings (SSSR count). The Morgan fingerprint density at radius 3 is 2.78 bits per heavy atom. The molecule has 4 nitrogen and oxygen atoms in total. The summed E-state index contributed by atoms with van der Waals surface area (Å²) < 4.78 is 8.35. The first-order chi connectivity index (χ1) is 8.79. The summed E-state index contributed by atoms with van der Waals surface area (Å²) in [6.45, 7) is 3.25. The Morgan fingerprint density at radius 2 is 2.06 bits per heavy atom. The van der Waals surface area contributed by atoms with Crippen LogP contribution >= 0.6 is 16.1 Å². The second-order valence-electron chi connectivity index (χ2n) is 4.65. The van der Waals surface area contributed by atoms with E-state index in [0.717, 1.165) is 61.7 Å². The quantitative estimate of drug-likeness (QED) is 0.788. The van der Waals surface area contributed by atoms with Crippen molar-refractivity contribution in [3.63, 3.8) is 0 Å². The molecule has 1 N–H and O–H groups in total. The van der Waals surface area contributed by atoms with Crippen LogP contribution in [-0.4, -0.2) is 37.0 Å². The molecule has 0 saturated carbocycles. The summed E-state index contributed by atoms with van der Waals surface area (Å²) in [5, 5.41) is 0. The second-order valence-corrected chi connectivity index (χ2v) is 5.05. The third-order valence-electron chi connectivity index (χ3n) is 3.67. The van der Waals surface area contributed by atoms with Gasteiger partial charge in [0.1, 0.15) is 0 Å². The molecule has 0 bridgehead atoms. The minimum Gasteiger partial charge on any atom is -0.378 e. The zero-order chi connectivity index (χ0) is 12.5. The summed E-state index contributed by atoms with van der Waals surface area (Å²) in [6, 6.07) is 0. The highest BCUT2D eigenvalue weighted by Crippen LogP contribution is 2.35. The number of hydrogen-bond donors (Lipinski definition) is 1. The molecular formula is C13H15BrN2O2. The van der Waals surface area contributed by atoms with Crippen LogP contribution in [0.1, 0.15) is 12.8 Å². The molecule has 0 unspecified atom stereocenters. The molecule has 0 aromatic carbocycles. The normalized spacial score (nSPS) is 23.8. The Morgan fingerprint density at radius 1 is 1.28 bits per heavy atom. The molecule has 0 radical (unpaired) electrons. The van der Waals surface area contributed by atoms with Gasteiger partial charge in [-0.2, -0.15) is 0 Å². The predicted molar refractivity (Wildman–Crippen MR) is 71.9 cm³/mol. The first-order valence-corrected chi connectivity index (χ1v) is 6.95. The summed E-state index contributed by atoms with van der Waals surface area (Å²) in [6.07, 6.45) is 5.45. The first kappa shape index (κ1) is 12.0. The van der Waals surface area contributed by atoms with E-state index in [2.05, 4.69) is 31.5 Å². The maximum atomic E-state index is 12.1. The van der Waals surface area contributed by atoms with Crippen molar-refractivity contribution < 1.29 is 9.53 Å². The lowest BCUT2D eigenvalue weighted by molar-refractivity contribution is -0.111. The van der Waals surface area contributed by atoms with E-state index in [1.165, 1.54) is 0 Å². The van der Waals surface area contributed by atoms with Crippen LogP contribution in [-0.2, 0) is 9.53 Å². The maximum absolute atomic E-state index is 12.1. The fraction of sp³-hybridized carbons (Fsp3) is 0.462. The molecule has 3 aliphatic rings. The summed E-state index contributed by atoms with van der Waals surface area (Å²) in [4.78, 5) is 14.4. The van der Waals surface area contributed by atoms with Gasteiger partial charge in [0.05, 0.1) is 13.2 Å². The van der Waals surface area contributed by atoms with Crippen LogP contribution in [0.25, 0.3) is 0 Å². The van der Waals surface area contributed by atoms with E-state index in [4.69, 9.17) is 4.74 Å². The Hall–Kier alpha value is -1.07. The number of ketones is 1. The minimum absolute atomic E-state index is 0.159. The molecule has 0 amide bonds. The highest BCUT2D eigenvalue weighted by Gasteiger charge is 2.28. The second kappa shape index (κ2) is 4.90. The van der Waals surface area contributed by atoms with E-state index in [9.17, 15) is 4.79 Å². The highest BCUT2D eigenvalue weighted by molar-refractivity contribution is 9.08. The molecule has 1 aliphatic heterocycles. The van der Waals surface area contributed by atoms with Crippen LogP contribution in [0.15, 0.2) is 34.7 Å². The third kappa shape index (κ3) is 2.01. The molecular weight excluding hydrogens is 296 g/mol. The molecule has 1 saturated heterocycles. The molecule has 0 aromatic rings. The molecule has 96 valence electrons. The number of nitrogens with one attached hydrogen (secondary N) is 1. The SMILES string of the molecule is O=C1C=C(N2CCOCC2)CC2=C1CC=C2NBr. The number of hydrogen-bond acceptors (Lipinski definition) is 4. The highest BCUT2D eigenvalue weighted by atomic mass is 79.9. The number of allylic oxidation sites excluding steroid dienone is 5. The van der Waals surface area contributed by atoms with Gasteiger partial charge < -0.3 is 14.0 Å². The zero-order valence-electron chi connectivity index (χ0n) is 10.0. The van der Waals surface area contributed by atoms with Crippen molar-refractivity contribution in [2.75, 3.05) is 26.3 Å². The van der Waals surface area contributed by atoms with Gasteiger partial charge in [-0.1, -0.05) is 6.08 Å². The Bertz CT molecular complexity index is 473. The largest absolute Gasteiger partial charge is 0.378 e. The lowest BCUT2D eigenvalue weighted by atomic mass is 9.94. The van der Waals surface area contributed by atoms with Gasteiger partial charge in [0.2, 0.25) is 0 Å². The molecule has 1 heterocycles. The van der Waals surface area contributed by atoms with Gasteiger partial charge >= 0.3 is 0 Å². The van der Waals surface area contributed by atoms with E-state index < -0.39 is 0 Å². The van der Waals surface area contributed by atoms with Crippen molar-refractivity contribution >= 4 is 21.9 Å². The van der Waals surface area contributed by atoms with Crippen LogP contribution in [0.3, 0.4) is 0 Å². The van der Waals surface area contributed by atoms with Crippen LogP contribution in [0, 0.1) is 0 Å². The Kier molecular flexibility index (Phi) is 3.26. The molecule has 0 aromatic heterocycles. The monoisotopic (exact) mass is 310 g/mol. The van der Waals surface area contributed by atoms with E-state index >= 15 is 0 Å². The van der Waals surface area contributed by atoms with Crippen molar-refractivity contribution in [3.8, 4) is 0 Å². The van der Waals surface area contributed by atoms with Gasteiger partial charge in [-0.3, -0.25) is 4.79 Å². The summed E-state index contributed by atoms with van der Waals surface area (Å²) in [7, 11) is 0. The number of rotatable bonds is 2. The van der Waals surface area contributed by atoms with Gasteiger partial charge in [-0.25, -0.2) is 0 Å². The van der Waals surface area contributed by atoms with Crippen molar-refractivity contribution in [1.82, 2.24) is 9.24 Å². The van der Waals surface area contributed by atoms with Crippen molar-refractivity contribution in [3.05, 3.63) is 34.7 Å². The summed E-state index contributed by atoms with van der Waals surface area (Å²) >= 11 is 3.26. The van der Waals surface area contributed by atoms with Crippen LogP contribution in [0.4, 0.5) is 0 Å². The van der Waals surface area contributed by atoms with Crippen LogP contribution < -0.4 is 4.34 Å². The average molecular weight is 311 g/mol. The smallest absolute Gasteiger partial charge is 0.184 e. The average Bonchev–Trinajstić information content (AvgIpc) is 2.83.